The zero-order chi connectivity index (χ0) is 13.8. The minimum absolute atomic E-state index is 0.840. The Kier molecular flexibility index (Phi) is 4.32. The molecule has 2 rings (SSSR count). The highest BCUT2D eigenvalue weighted by Gasteiger charge is 2.12. The number of nitrogens with one attached hydrogen (secondary N) is 1. The summed E-state index contributed by atoms with van der Waals surface area (Å²) < 4.78 is 2.10. The van der Waals surface area contributed by atoms with Crippen molar-refractivity contribution in [3.63, 3.8) is 0 Å². The van der Waals surface area contributed by atoms with Gasteiger partial charge in [0, 0.05) is 36.6 Å². The zero-order valence-corrected chi connectivity index (χ0v) is 12.2. The fourth-order valence-corrected chi connectivity index (χ4v) is 2.30. The van der Waals surface area contributed by atoms with Gasteiger partial charge in [-0.25, -0.2) is 9.97 Å². The van der Waals surface area contributed by atoms with E-state index in [4.69, 9.17) is 4.98 Å². The Bertz CT molecular complexity index is 557. The first-order valence-electron chi connectivity index (χ1n) is 6.87. The van der Waals surface area contributed by atoms with Crippen LogP contribution in [-0.4, -0.2) is 21.1 Å². The van der Waals surface area contributed by atoms with Crippen LogP contribution in [0.3, 0.4) is 0 Å². The summed E-state index contributed by atoms with van der Waals surface area (Å²) in [5, 5.41) is 3.39. The second kappa shape index (κ2) is 5.97. The first kappa shape index (κ1) is 13.7. The summed E-state index contributed by atoms with van der Waals surface area (Å²) in [4.78, 5) is 9.12. The van der Waals surface area contributed by atoms with Gasteiger partial charge in [-0.15, -0.1) is 0 Å². The summed E-state index contributed by atoms with van der Waals surface area (Å²) in [7, 11) is 0. The van der Waals surface area contributed by atoms with Gasteiger partial charge in [0.15, 0.2) is 0 Å². The first-order chi connectivity index (χ1) is 9.17. The normalized spacial score (nSPS) is 10.9. The van der Waals surface area contributed by atoms with E-state index in [0.717, 1.165) is 36.8 Å². The Labute approximate surface area is 114 Å². The predicted octanol–water partition coefficient (Wildman–Crippen LogP) is 2.56. The van der Waals surface area contributed by atoms with Gasteiger partial charge in [0.2, 0.25) is 0 Å². The molecule has 0 aliphatic rings. The standard InChI is InChI=1S/C15H22N4/c1-5-14-17-7-8-19(14)15-13(10-16-6-2)11(3)9-12(4)18-15/h7-9,16H,5-6,10H2,1-4H3. The average Bonchev–Trinajstić information content (AvgIpc) is 2.85. The average molecular weight is 258 g/mol. The van der Waals surface area contributed by atoms with E-state index in [0.29, 0.717) is 0 Å². The smallest absolute Gasteiger partial charge is 0.143 e. The highest BCUT2D eigenvalue weighted by molar-refractivity contribution is 5.42. The summed E-state index contributed by atoms with van der Waals surface area (Å²) in [5.41, 5.74) is 3.57. The number of hydrogen-bond acceptors (Lipinski definition) is 3. The molecule has 0 amide bonds. The van der Waals surface area contributed by atoms with Crippen molar-refractivity contribution in [2.24, 2.45) is 0 Å². The van der Waals surface area contributed by atoms with Crippen molar-refractivity contribution in [3.8, 4) is 5.82 Å². The molecule has 0 radical (unpaired) electrons. The van der Waals surface area contributed by atoms with Crippen molar-refractivity contribution < 1.29 is 0 Å². The minimum Gasteiger partial charge on any atom is -0.313 e. The van der Waals surface area contributed by atoms with Crippen LogP contribution in [0, 0.1) is 13.8 Å². The molecule has 0 saturated carbocycles. The Morgan fingerprint density at radius 3 is 2.74 bits per heavy atom. The van der Waals surface area contributed by atoms with Crippen LogP contribution in [0.15, 0.2) is 18.5 Å². The molecule has 2 aromatic rings. The van der Waals surface area contributed by atoms with Gasteiger partial charge in [0.05, 0.1) is 0 Å². The van der Waals surface area contributed by atoms with Gasteiger partial charge < -0.3 is 5.32 Å². The van der Waals surface area contributed by atoms with Crippen molar-refractivity contribution >= 4 is 0 Å². The maximum Gasteiger partial charge on any atom is 0.143 e. The third-order valence-electron chi connectivity index (χ3n) is 3.27. The van der Waals surface area contributed by atoms with Crippen molar-refractivity contribution in [2.45, 2.75) is 40.7 Å². The fourth-order valence-electron chi connectivity index (χ4n) is 2.30. The molecule has 0 bridgehead atoms. The Hall–Kier alpha value is -1.68. The summed E-state index contributed by atoms with van der Waals surface area (Å²) >= 11 is 0. The van der Waals surface area contributed by atoms with Crippen LogP contribution in [-0.2, 0) is 13.0 Å². The highest BCUT2D eigenvalue weighted by atomic mass is 15.1. The molecule has 0 saturated heterocycles. The Morgan fingerprint density at radius 2 is 2.05 bits per heavy atom. The van der Waals surface area contributed by atoms with E-state index < -0.39 is 0 Å². The van der Waals surface area contributed by atoms with E-state index >= 15 is 0 Å². The predicted molar refractivity (Wildman–Crippen MR) is 77.6 cm³/mol. The molecule has 0 spiro atoms. The topological polar surface area (TPSA) is 42.7 Å². The number of nitrogens with zero attached hydrogens (tertiary/aromatic N) is 3. The maximum atomic E-state index is 4.72. The van der Waals surface area contributed by atoms with Gasteiger partial charge in [0.25, 0.3) is 0 Å². The van der Waals surface area contributed by atoms with Gasteiger partial charge in [-0.2, -0.15) is 0 Å². The number of hydrogen-bond donors (Lipinski definition) is 1. The minimum atomic E-state index is 0.840. The second-order valence-electron chi connectivity index (χ2n) is 4.73. The van der Waals surface area contributed by atoms with Crippen molar-refractivity contribution in [1.82, 2.24) is 19.9 Å². The Morgan fingerprint density at radius 1 is 1.26 bits per heavy atom. The van der Waals surface area contributed by atoms with Crippen LogP contribution in [0.2, 0.25) is 0 Å². The van der Waals surface area contributed by atoms with Gasteiger partial charge in [-0.1, -0.05) is 13.8 Å². The van der Waals surface area contributed by atoms with Gasteiger partial charge in [-0.3, -0.25) is 4.57 Å². The molecule has 1 N–H and O–H groups in total. The lowest BCUT2D eigenvalue weighted by atomic mass is 10.1. The van der Waals surface area contributed by atoms with Crippen LogP contribution in [0.1, 0.15) is 36.5 Å². The molecule has 4 nitrogen and oxygen atoms in total. The zero-order valence-electron chi connectivity index (χ0n) is 12.2. The molecule has 2 aromatic heterocycles. The lowest BCUT2D eigenvalue weighted by molar-refractivity contribution is 0.709. The van der Waals surface area contributed by atoms with E-state index in [1.165, 1.54) is 11.1 Å². The molecule has 0 aliphatic carbocycles. The van der Waals surface area contributed by atoms with Gasteiger partial charge in [-0.05, 0) is 32.0 Å². The molecule has 2 heterocycles. The van der Waals surface area contributed by atoms with Crippen LogP contribution >= 0.6 is 0 Å². The van der Waals surface area contributed by atoms with Gasteiger partial charge >= 0.3 is 0 Å². The summed E-state index contributed by atoms with van der Waals surface area (Å²) in [5.74, 6) is 2.06. The molecular formula is C15H22N4. The van der Waals surface area contributed by atoms with E-state index in [-0.39, 0.29) is 0 Å². The molecule has 19 heavy (non-hydrogen) atoms. The lowest BCUT2D eigenvalue weighted by Crippen LogP contribution is -2.17. The maximum absolute atomic E-state index is 4.72. The SMILES string of the molecule is CCNCc1c(C)cc(C)nc1-n1ccnc1CC. The van der Waals surface area contributed by atoms with E-state index in [1.54, 1.807) is 0 Å². The molecule has 4 heteroatoms. The van der Waals surface area contributed by atoms with E-state index in [1.807, 2.05) is 19.3 Å². The fraction of sp³-hybridized carbons (Fsp3) is 0.467. The molecule has 0 unspecified atom stereocenters. The van der Waals surface area contributed by atoms with E-state index in [2.05, 4.69) is 41.7 Å². The second-order valence-corrected chi connectivity index (χ2v) is 4.73. The highest BCUT2D eigenvalue weighted by Crippen LogP contribution is 2.19. The number of rotatable bonds is 5. The third kappa shape index (κ3) is 2.84. The summed E-state index contributed by atoms with van der Waals surface area (Å²) in [6.07, 6.45) is 4.74. The molecule has 102 valence electrons. The van der Waals surface area contributed by atoms with Crippen LogP contribution < -0.4 is 5.32 Å². The molecule has 0 aliphatic heterocycles. The number of pyridine rings is 1. The molecule has 0 atom stereocenters. The first-order valence-corrected chi connectivity index (χ1v) is 6.87. The summed E-state index contributed by atoms with van der Waals surface area (Å²) in [6, 6.07) is 2.14. The third-order valence-corrected chi connectivity index (χ3v) is 3.27. The van der Waals surface area contributed by atoms with Gasteiger partial charge in [0.1, 0.15) is 11.6 Å². The molecular weight excluding hydrogens is 236 g/mol. The molecule has 0 fully saturated rings. The van der Waals surface area contributed by atoms with Crippen LogP contribution in [0.25, 0.3) is 5.82 Å². The monoisotopic (exact) mass is 258 g/mol. The van der Waals surface area contributed by atoms with Crippen molar-refractivity contribution in [2.75, 3.05) is 6.54 Å². The van der Waals surface area contributed by atoms with Crippen LogP contribution in [0.4, 0.5) is 0 Å². The molecule has 0 aromatic carbocycles. The van der Waals surface area contributed by atoms with E-state index in [9.17, 15) is 0 Å². The van der Waals surface area contributed by atoms with Crippen molar-refractivity contribution in [1.29, 1.82) is 0 Å². The quantitative estimate of drug-likeness (QED) is 0.896. The van der Waals surface area contributed by atoms with Crippen molar-refractivity contribution in [3.05, 3.63) is 41.1 Å². The lowest BCUT2D eigenvalue weighted by Gasteiger charge is -2.15. The number of aromatic nitrogens is 3. The number of aryl methyl sites for hydroxylation is 3. The largest absolute Gasteiger partial charge is 0.313 e. The summed E-state index contributed by atoms with van der Waals surface area (Å²) in [6.45, 7) is 10.2. The number of imidazole rings is 1. The van der Waals surface area contributed by atoms with Crippen LogP contribution in [0.5, 0.6) is 0 Å². The Balaban J connectivity index is 2.54.